The summed E-state index contributed by atoms with van der Waals surface area (Å²) in [5.74, 6) is -0.934. The molecule has 0 radical (unpaired) electrons. The van der Waals surface area contributed by atoms with Gasteiger partial charge in [0, 0.05) is 13.5 Å². The van der Waals surface area contributed by atoms with E-state index < -0.39 is 17.8 Å². The Bertz CT molecular complexity index is 905. The first-order valence-electron chi connectivity index (χ1n) is 9.13. The number of rotatable bonds is 9. The summed E-state index contributed by atoms with van der Waals surface area (Å²) in [7, 11) is 1.49. The monoisotopic (exact) mass is 433 g/mol. The number of hydrogen-bond donors (Lipinski definition) is 3. The molecular formula is C20H23N3O6S. The molecule has 2 amide bonds. The summed E-state index contributed by atoms with van der Waals surface area (Å²) in [5.41, 5.74) is 4.72. The van der Waals surface area contributed by atoms with Crippen molar-refractivity contribution in [1.29, 1.82) is 0 Å². The molecule has 10 heteroatoms. The maximum absolute atomic E-state index is 11.9. The maximum atomic E-state index is 11.9. The Morgan fingerprint density at radius 1 is 0.933 bits per heavy atom. The van der Waals surface area contributed by atoms with Crippen molar-refractivity contribution in [3.05, 3.63) is 42.5 Å². The van der Waals surface area contributed by atoms with Gasteiger partial charge < -0.3 is 19.5 Å². The number of thiocarbonyl (C=S) groups is 1. The van der Waals surface area contributed by atoms with Gasteiger partial charge in [0.1, 0.15) is 12.4 Å². The molecule has 0 saturated carbocycles. The second kappa shape index (κ2) is 12.3. The molecule has 2 rings (SSSR count). The van der Waals surface area contributed by atoms with Crippen LogP contribution in [-0.4, -0.2) is 49.8 Å². The first kappa shape index (κ1) is 23.0. The van der Waals surface area contributed by atoms with E-state index in [2.05, 4.69) is 16.2 Å². The minimum absolute atomic E-state index is 0.0931. The second-order valence-corrected chi connectivity index (χ2v) is 6.47. The van der Waals surface area contributed by atoms with Crippen LogP contribution in [0.4, 0.5) is 0 Å². The fraction of sp³-hybridized carbons (Fsp3) is 0.300. The predicted molar refractivity (Wildman–Crippen MR) is 114 cm³/mol. The molecule has 0 unspecified atom stereocenters. The molecule has 0 aliphatic heterocycles. The van der Waals surface area contributed by atoms with Gasteiger partial charge >= 0.3 is 5.97 Å². The van der Waals surface area contributed by atoms with Gasteiger partial charge in [-0.3, -0.25) is 25.2 Å². The summed E-state index contributed by atoms with van der Waals surface area (Å²) in [6, 6.07) is 13.3. The van der Waals surface area contributed by atoms with Gasteiger partial charge in [0.2, 0.25) is 5.91 Å². The topological polar surface area (TPSA) is 115 Å². The van der Waals surface area contributed by atoms with Crippen LogP contribution in [0.2, 0.25) is 0 Å². The number of hydrogen-bond acceptors (Lipinski definition) is 7. The van der Waals surface area contributed by atoms with Gasteiger partial charge in [0.15, 0.2) is 11.7 Å². The smallest absolute Gasteiger partial charge is 0.306 e. The summed E-state index contributed by atoms with van der Waals surface area (Å²) < 4.78 is 15.0. The van der Waals surface area contributed by atoms with Crippen molar-refractivity contribution in [1.82, 2.24) is 16.2 Å². The van der Waals surface area contributed by atoms with Crippen LogP contribution in [0.25, 0.3) is 10.8 Å². The summed E-state index contributed by atoms with van der Waals surface area (Å²) in [4.78, 5) is 35.0. The first-order chi connectivity index (χ1) is 14.5. The lowest BCUT2D eigenvalue weighted by atomic mass is 10.1. The zero-order valence-corrected chi connectivity index (χ0v) is 17.3. The largest absolute Gasteiger partial charge is 0.484 e. The average molecular weight is 433 g/mol. The van der Waals surface area contributed by atoms with E-state index in [1.165, 1.54) is 7.11 Å². The van der Waals surface area contributed by atoms with Gasteiger partial charge in [0.25, 0.3) is 5.91 Å². The lowest BCUT2D eigenvalue weighted by molar-refractivity contribution is -0.146. The van der Waals surface area contributed by atoms with Crippen LogP contribution in [0, 0.1) is 0 Å². The molecule has 30 heavy (non-hydrogen) atoms. The molecule has 0 atom stereocenters. The molecule has 0 spiro atoms. The highest BCUT2D eigenvalue weighted by atomic mass is 32.1. The van der Waals surface area contributed by atoms with Crippen LogP contribution in [-0.2, 0) is 23.9 Å². The van der Waals surface area contributed by atoms with E-state index in [0.717, 1.165) is 10.8 Å². The number of hydrazine groups is 1. The van der Waals surface area contributed by atoms with Gasteiger partial charge in [-0.2, -0.15) is 0 Å². The fourth-order valence-electron chi connectivity index (χ4n) is 2.32. The fourth-order valence-corrected chi connectivity index (χ4v) is 2.48. The van der Waals surface area contributed by atoms with Gasteiger partial charge in [-0.15, -0.1) is 0 Å². The Hall–Kier alpha value is -3.24. The minimum Gasteiger partial charge on any atom is -0.484 e. The van der Waals surface area contributed by atoms with Crippen molar-refractivity contribution in [2.75, 3.05) is 26.9 Å². The highest BCUT2D eigenvalue weighted by Gasteiger charge is 2.10. The van der Waals surface area contributed by atoms with Crippen LogP contribution in [0.15, 0.2) is 42.5 Å². The van der Waals surface area contributed by atoms with Crippen molar-refractivity contribution < 1.29 is 28.6 Å². The number of ether oxygens (including phenoxy) is 3. The van der Waals surface area contributed by atoms with Crippen LogP contribution in [0.5, 0.6) is 5.75 Å². The van der Waals surface area contributed by atoms with E-state index in [4.69, 9.17) is 26.4 Å². The number of esters is 1. The predicted octanol–water partition coefficient (Wildman–Crippen LogP) is 1.21. The Balaban J connectivity index is 1.63. The molecule has 0 heterocycles. The van der Waals surface area contributed by atoms with Crippen LogP contribution >= 0.6 is 12.2 Å². The average Bonchev–Trinajstić information content (AvgIpc) is 2.75. The number of amides is 2. The SMILES string of the molecule is COCCOC(=O)CCC(=O)NC(=S)NNC(=O)COc1ccc2ccccc2c1. The van der Waals surface area contributed by atoms with Crippen molar-refractivity contribution in [2.24, 2.45) is 0 Å². The van der Waals surface area contributed by atoms with Crippen LogP contribution < -0.4 is 20.9 Å². The summed E-state index contributed by atoms with van der Waals surface area (Å²) in [6.07, 6.45) is -0.198. The summed E-state index contributed by atoms with van der Waals surface area (Å²) in [5, 5.41) is 4.31. The molecule has 0 bridgehead atoms. The zero-order chi connectivity index (χ0) is 21.8. The summed E-state index contributed by atoms with van der Waals surface area (Å²) >= 11 is 4.91. The second-order valence-electron chi connectivity index (χ2n) is 6.06. The van der Waals surface area contributed by atoms with Gasteiger partial charge in [-0.05, 0) is 35.1 Å². The highest BCUT2D eigenvalue weighted by molar-refractivity contribution is 7.80. The van der Waals surface area contributed by atoms with E-state index in [1.54, 1.807) is 6.07 Å². The molecule has 0 aromatic heterocycles. The van der Waals surface area contributed by atoms with Gasteiger partial charge in [-0.1, -0.05) is 30.3 Å². The van der Waals surface area contributed by atoms with E-state index in [-0.39, 0.29) is 37.8 Å². The number of carbonyl (C=O) groups is 3. The van der Waals surface area contributed by atoms with Crippen LogP contribution in [0.3, 0.4) is 0 Å². The van der Waals surface area contributed by atoms with Crippen LogP contribution in [0.1, 0.15) is 12.8 Å². The molecule has 0 saturated heterocycles. The standard InChI is InChI=1S/C20H23N3O6S/c1-27-10-11-28-19(26)9-8-17(24)21-20(30)23-22-18(25)13-29-16-7-6-14-4-2-3-5-15(14)12-16/h2-7,12H,8-11,13H2,1H3,(H,22,25)(H2,21,23,24,30). The molecule has 0 fully saturated rings. The normalized spacial score (nSPS) is 10.2. The molecule has 0 aliphatic rings. The zero-order valence-electron chi connectivity index (χ0n) is 16.4. The van der Waals surface area contributed by atoms with E-state index >= 15 is 0 Å². The van der Waals surface area contributed by atoms with E-state index in [1.807, 2.05) is 36.4 Å². The number of nitrogens with one attached hydrogen (secondary N) is 3. The Kier molecular flexibility index (Phi) is 9.49. The molecular weight excluding hydrogens is 410 g/mol. The maximum Gasteiger partial charge on any atom is 0.306 e. The third-order valence-electron chi connectivity index (χ3n) is 3.77. The third-order valence-corrected chi connectivity index (χ3v) is 3.97. The first-order valence-corrected chi connectivity index (χ1v) is 9.53. The Morgan fingerprint density at radius 2 is 1.70 bits per heavy atom. The van der Waals surface area contributed by atoms with Gasteiger partial charge in [0.05, 0.1) is 13.0 Å². The number of benzene rings is 2. The third kappa shape index (κ3) is 8.41. The highest BCUT2D eigenvalue weighted by Crippen LogP contribution is 2.20. The molecule has 2 aromatic carbocycles. The lowest BCUT2D eigenvalue weighted by Crippen LogP contribution is -2.49. The van der Waals surface area contributed by atoms with Crippen molar-refractivity contribution in [2.45, 2.75) is 12.8 Å². The molecule has 9 nitrogen and oxygen atoms in total. The number of fused-ring (bicyclic) bond motifs is 1. The minimum atomic E-state index is -0.514. The van der Waals surface area contributed by atoms with E-state index in [0.29, 0.717) is 5.75 Å². The number of carbonyl (C=O) groups excluding carboxylic acids is 3. The quantitative estimate of drug-likeness (QED) is 0.234. The lowest BCUT2D eigenvalue weighted by Gasteiger charge is -2.11. The molecule has 2 aromatic rings. The molecule has 0 aliphatic carbocycles. The van der Waals surface area contributed by atoms with Crippen molar-refractivity contribution in [3.8, 4) is 5.75 Å². The Morgan fingerprint density at radius 3 is 2.47 bits per heavy atom. The van der Waals surface area contributed by atoms with Gasteiger partial charge in [-0.25, -0.2) is 0 Å². The number of methoxy groups -OCH3 is 1. The van der Waals surface area contributed by atoms with Crippen molar-refractivity contribution >= 4 is 45.9 Å². The molecule has 3 N–H and O–H groups in total. The molecule has 160 valence electrons. The summed E-state index contributed by atoms with van der Waals surface area (Å²) in [6.45, 7) is 0.176. The Labute approximate surface area is 179 Å². The van der Waals surface area contributed by atoms with Crippen molar-refractivity contribution in [3.63, 3.8) is 0 Å². The van der Waals surface area contributed by atoms with E-state index in [9.17, 15) is 14.4 Å².